The third kappa shape index (κ3) is 5.94. The summed E-state index contributed by atoms with van der Waals surface area (Å²) in [5.74, 6) is -0.624. The van der Waals surface area contributed by atoms with Gasteiger partial charge in [0.05, 0.1) is 6.61 Å². The molecule has 0 radical (unpaired) electrons. The summed E-state index contributed by atoms with van der Waals surface area (Å²) in [5, 5.41) is 3.41. The molecule has 2 aromatic carbocycles. The van der Waals surface area contributed by atoms with Crippen LogP contribution in [0.2, 0.25) is 0 Å². The number of amides is 2. The zero-order valence-electron chi connectivity index (χ0n) is 20.9. The molecule has 36 heavy (non-hydrogen) atoms. The summed E-state index contributed by atoms with van der Waals surface area (Å²) in [6, 6.07) is 13.9. The Labute approximate surface area is 210 Å². The minimum Gasteiger partial charge on any atom is -0.422 e. The lowest BCUT2D eigenvalue weighted by molar-refractivity contribution is 0.0741. The van der Waals surface area contributed by atoms with Crippen LogP contribution in [0.3, 0.4) is 0 Å². The number of ether oxygens (including phenoxy) is 1. The number of nitrogens with one attached hydrogen (secondary N) is 1. The zero-order chi connectivity index (χ0) is 25.5. The lowest BCUT2D eigenvalue weighted by atomic mass is 10.1. The minimum absolute atomic E-state index is 0.0654. The van der Waals surface area contributed by atoms with Crippen LogP contribution in [-0.2, 0) is 4.74 Å². The van der Waals surface area contributed by atoms with E-state index >= 15 is 0 Å². The van der Waals surface area contributed by atoms with Gasteiger partial charge in [-0.2, -0.15) is 0 Å². The van der Waals surface area contributed by atoms with Gasteiger partial charge in [-0.1, -0.05) is 13.8 Å². The molecule has 1 aliphatic heterocycles. The minimum atomic E-state index is -0.690. The molecule has 1 saturated heterocycles. The molecule has 190 valence electrons. The van der Waals surface area contributed by atoms with Crippen LogP contribution >= 0.6 is 0 Å². The highest BCUT2D eigenvalue weighted by molar-refractivity contribution is 6.05. The molecule has 1 N–H and O–H groups in total. The number of nitrogens with zero attached hydrogens (tertiary/aromatic N) is 2. The fraction of sp³-hybridized carbons (Fsp3) is 0.393. The Hall–Kier alpha value is -3.65. The first-order valence-corrected chi connectivity index (χ1v) is 12.6. The molecular formula is C28H33N3O5. The van der Waals surface area contributed by atoms with Crippen molar-refractivity contribution in [3.8, 4) is 0 Å². The normalized spacial score (nSPS) is 13.9. The van der Waals surface area contributed by atoms with E-state index in [0.29, 0.717) is 48.5 Å². The summed E-state index contributed by atoms with van der Waals surface area (Å²) >= 11 is 0. The second-order valence-corrected chi connectivity index (χ2v) is 8.95. The van der Waals surface area contributed by atoms with Crippen molar-refractivity contribution < 1.29 is 18.7 Å². The fourth-order valence-corrected chi connectivity index (χ4v) is 4.39. The summed E-state index contributed by atoms with van der Waals surface area (Å²) in [7, 11) is 0. The van der Waals surface area contributed by atoms with Gasteiger partial charge < -0.3 is 24.3 Å². The van der Waals surface area contributed by atoms with E-state index < -0.39 is 11.5 Å². The van der Waals surface area contributed by atoms with Gasteiger partial charge in [0.25, 0.3) is 11.8 Å². The number of carbonyl (C=O) groups is 2. The van der Waals surface area contributed by atoms with Gasteiger partial charge in [-0.25, -0.2) is 4.79 Å². The summed E-state index contributed by atoms with van der Waals surface area (Å²) in [4.78, 5) is 42.3. The second kappa shape index (κ2) is 11.9. The fourth-order valence-electron chi connectivity index (χ4n) is 4.39. The van der Waals surface area contributed by atoms with E-state index in [1.165, 1.54) is 0 Å². The molecule has 2 amide bonds. The van der Waals surface area contributed by atoms with Crippen molar-refractivity contribution in [1.82, 2.24) is 4.90 Å². The lowest BCUT2D eigenvalue weighted by Gasteiger charge is -2.23. The predicted molar refractivity (Wildman–Crippen MR) is 141 cm³/mol. The molecule has 3 aromatic rings. The average molecular weight is 492 g/mol. The van der Waals surface area contributed by atoms with E-state index in [2.05, 4.69) is 24.1 Å². The smallest absolute Gasteiger partial charge is 0.349 e. The summed E-state index contributed by atoms with van der Waals surface area (Å²) in [6.45, 7) is 8.51. The zero-order valence-corrected chi connectivity index (χ0v) is 20.9. The van der Waals surface area contributed by atoms with Gasteiger partial charge in [0.1, 0.15) is 11.1 Å². The summed E-state index contributed by atoms with van der Waals surface area (Å²) in [6.07, 6.45) is 2.85. The van der Waals surface area contributed by atoms with Crippen molar-refractivity contribution in [2.24, 2.45) is 0 Å². The number of carbonyl (C=O) groups excluding carboxylic acids is 2. The first-order chi connectivity index (χ1) is 17.5. The summed E-state index contributed by atoms with van der Waals surface area (Å²) in [5.41, 5.74) is 1.71. The Morgan fingerprint density at radius 1 is 0.972 bits per heavy atom. The maximum absolute atomic E-state index is 12.9. The molecule has 0 atom stereocenters. The number of benzene rings is 2. The van der Waals surface area contributed by atoms with Crippen molar-refractivity contribution in [3.63, 3.8) is 0 Å². The monoisotopic (exact) mass is 491 g/mol. The number of fused-ring (bicyclic) bond motifs is 1. The van der Waals surface area contributed by atoms with Crippen molar-refractivity contribution in [2.75, 3.05) is 49.6 Å². The Balaban J connectivity index is 1.48. The number of hydrogen-bond donors (Lipinski definition) is 1. The third-order valence-electron chi connectivity index (χ3n) is 6.22. The van der Waals surface area contributed by atoms with Crippen molar-refractivity contribution in [2.45, 2.75) is 33.1 Å². The SMILES string of the molecule is CCCN(CCC)c1ccc2cc(C(=O)Nc3ccc(C(=O)N4CCCOCC4)cc3)c(=O)oc2c1. The van der Waals surface area contributed by atoms with Crippen LogP contribution in [0.15, 0.2) is 57.7 Å². The quantitative estimate of drug-likeness (QED) is 0.466. The molecule has 0 aliphatic carbocycles. The van der Waals surface area contributed by atoms with Crippen molar-refractivity contribution in [3.05, 3.63) is 70.1 Å². The Morgan fingerprint density at radius 3 is 2.44 bits per heavy atom. The van der Waals surface area contributed by atoms with Gasteiger partial charge in [0.15, 0.2) is 0 Å². The number of hydrogen-bond acceptors (Lipinski definition) is 6. The van der Waals surface area contributed by atoms with Crippen LogP contribution < -0.4 is 15.8 Å². The molecule has 2 heterocycles. The number of anilines is 2. The topological polar surface area (TPSA) is 92.1 Å². The third-order valence-corrected chi connectivity index (χ3v) is 6.22. The van der Waals surface area contributed by atoms with Gasteiger partial charge in [-0.05, 0) is 61.7 Å². The van der Waals surface area contributed by atoms with Gasteiger partial charge in [0, 0.05) is 61.2 Å². The first kappa shape index (κ1) is 25.4. The Kier molecular flexibility index (Phi) is 8.38. The first-order valence-electron chi connectivity index (χ1n) is 12.6. The van der Waals surface area contributed by atoms with Crippen LogP contribution in [0.25, 0.3) is 11.0 Å². The molecule has 1 aromatic heterocycles. The van der Waals surface area contributed by atoms with Crippen molar-refractivity contribution in [1.29, 1.82) is 0 Å². The molecular weight excluding hydrogens is 458 g/mol. The molecule has 0 spiro atoms. The van der Waals surface area contributed by atoms with E-state index in [1.54, 1.807) is 35.2 Å². The molecule has 8 nitrogen and oxygen atoms in total. The average Bonchev–Trinajstić information content (AvgIpc) is 3.17. The van der Waals surface area contributed by atoms with Crippen LogP contribution in [0.4, 0.5) is 11.4 Å². The standard InChI is InChI=1S/C28H33N3O5/c1-3-12-30(13-4-2)23-11-8-21-18-24(28(34)36-25(21)19-23)26(32)29-22-9-6-20(7-10-22)27(33)31-14-5-16-35-17-15-31/h6-11,18-19H,3-5,12-17H2,1-2H3,(H,29,32). The Bertz CT molecular complexity index is 1250. The molecule has 1 fully saturated rings. The largest absolute Gasteiger partial charge is 0.422 e. The molecule has 0 bridgehead atoms. The van der Waals surface area contributed by atoms with Crippen LogP contribution in [0, 0.1) is 0 Å². The van der Waals surface area contributed by atoms with Crippen LogP contribution in [0.1, 0.15) is 53.8 Å². The highest BCUT2D eigenvalue weighted by atomic mass is 16.5. The van der Waals surface area contributed by atoms with Gasteiger partial charge in [-0.3, -0.25) is 9.59 Å². The molecule has 4 rings (SSSR count). The Morgan fingerprint density at radius 2 is 1.72 bits per heavy atom. The molecule has 8 heteroatoms. The van der Waals surface area contributed by atoms with E-state index in [-0.39, 0.29) is 11.5 Å². The lowest BCUT2D eigenvalue weighted by Crippen LogP contribution is -2.33. The van der Waals surface area contributed by atoms with Gasteiger partial charge in [-0.15, -0.1) is 0 Å². The number of rotatable bonds is 8. The van der Waals surface area contributed by atoms with E-state index in [1.807, 2.05) is 18.2 Å². The predicted octanol–water partition coefficient (Wildman–Crippen LogP) is 4.53. The highest BCUT2D eigenvalue weighted by Gasteiger charge is 2.19. The highest BCUT2D eigenvalue weighted by Crippen LogP contribution is 2.23. The maximum Gasteiger partial charge on any atom is 0.349 e. The van der Waals surface area contributed by atoms with Gasteiger partial charge >= 0.3 is 5.63 Å². The molecule has 0 unspecified atom stereocenters. The molecule has 1 aliphatic rings. The maximum atomic E-state index is 12.9. The second-order valence-electron chi connectivity index (χ2n) is 8.95. The summed E-state index contributed by atoms with van der Waals surface area (Å²) < 4.78 is 10.9. The van der Waals surface area contributed by atoms with Gasteiger partial charge in [0.2, 0.25) is 0 Å². The van der Waals surface area contributed by atoms with Crippen molar-refractivity contribution >= 4 is 34.2 Å². The van der Waals surface area contributed by atoms with Crippen LogP contribution in [-0.4, -0.2) is 56.1 Å². The van der Waals surface area contributed by atoms with E-state index in [0.717, 1.165) is 38.0 Å². The van der Waals surface area contributed by atoms with E-state index in [4.69, 9.17) is 9.15 Å². The van der Waals surface area contributed by atoms with Crippen LogP contribution in [0.5, 0.6) is 0 Å². The van der Waals surface area contributed by atoms with E-state index in [9.17, 15) is 14.4 Å². The molecule has 0 saturated carbocycles.